The van der Waals surface area contributed by atoms with Gasteiger partial charge in [-0.3, -0.25) is 9.69 Å². The summed E-state index contributed by atoms with van der Waals surface area (Å²) in [6.45, 7) is 4.70. The molecule has 9 nitrogen and oxygen atoms in total. The summed E-state index contributed by atoms with van der Waals surface area (Å²) < 4.78 is 39.1. The molecule has 0 bridgehead atoms. The molecule has 1 saturated heterocycles. The average molecular weight is 569 g/mol. The number of amides is 1. The van der Waals surface area contributed by atoms with Crippen molar-refractivity contribution in [1.29, 1.82) is 0 Å². The molecule has 202 valence electrons. The van der Waals surface area contributed by atoms with Gasteiger partial charge in [0.1, 0.15) is 11.3 Å². The summed E-state index contributed by atoms with van der Waals surface area (Å²) in [4.78, 5) is 22.4. The Balaban J connectivity index is 0.00000380. The minimum Gasteiger partial charge on any atom is -0.494 e. The van der Waals surface area contributed by atoms with Gasteiger partial charge in [0.05, 0.1) is 29.9 Å². The van der Waals surface area contributed by atoms with Crippen molar-refractivity contribution in [2.75, 3.05) is 65.5 Å². The number of ether oxygens (including phenoxy) is 2. The van der Waals surface area contributed by atoms with Crippen molar-refractivity contribution in [3.8, 4) is 5.75 Å². The lowest BCUT2D eigenvalue weighted by atomic mass is 10.2. The van der Waals surface area contributed by atoms with E-state index >= 15 is 0 Å². The molecule has 0 spiro atoms. The summed E-state index contributed by atoms with van der Waals surface area (Å²) in [6, 6.07) is 10.0. The average Bonchev–Trinajstić information content (AvgIpc) is 3.33. The van der Waals surface area contributed by atoms with Crippen LogP contribution in [0.15, 0.2) is 41.3 Å². The van der Waals surface area contributed by atoms with Crippen LogP contribution in [0.4, 0.5) is 5.13 Å². The second-order valence-corrected chi connectivity index (χ2v) is 11.8. The molecule has 3 aromatic rings. The van der Waals surface area contributed by atoms with Gasteiger partial charge in [-0.1, -0.05) is 17.4 Å². The van der Waals surface area contributed by atoms with Gasteiger partial charge in [0.25, 0.3) is 5.91 Å². The number of nitrogens with zero attached hydrogens (tertiary/aromatic N) is 4. The van der Waals surface area contributed by atoms with Gasteiger partial charge in [0, 0.05) is 25.2 Å². The Kier molecular flexibility index (Phi) is 9.90. The Morgan fingerprint density at radius 3 is 2.41 bits per heavy atom. The Labute approximate surface area is 228 Å². The predicted molar refractivity (Wildman–Crippen MR) is 149 cm³/mol. The maximum Gasteiger partial charge on any atom is 0.260 e. The van der Waals surface area contributed by atoms with Crippen molar-refractivity contribution in [3.05, 3.63) is 47.5 Å². The molecule has 37 heavy (non-hydrogen) atoms. The molecular weight excluding hydrogens is 536 g/mol. The normalized spacial score (nSPS) is 14.5. The van der Waals surface area contributed by atoms with E-state index in [1.807, 2.05) is 33.2 Å². The van der Waals surface area contributed by atoms with Crippen molar-refractivity contribution >= 4 is 55.0 Å². The lowest BCUT2D eigenvalue weighted by Gasteiger charge is -2.26. The third kappa shape index (κ3) is 6.42. The van der Waals surface area contributed by atoms with Crippen LogP contribution in [0.25, 0.3) is 10.2 Å². The zero-order valence-electron chi connectivity index (χ0n) is 21.5. The van der Waals surface area contributed by atoms with Gasteiger partial charge >= 0.3 is 0 Å². The van der Waals surface area contributed by atoms with E-state index in [1.54, 1.807) is 24.1 Å². The van der Waals surface area contributed by atoms with Crippen LogP contribution >= 0.6 is 23.7 Å². The predicted octanol–water partition coefficient (Wildman–Crippen LogP) is 3.65. The first-order chi connectivity index (χ1) is 17.2. The number of halogens is 1. The zero-order valence-corrected chi connectivity index (χ0v) is 23.9. The van der Waals surface area contributed by atoms with E-state index < -0.39 is 10.0 Å². The topological polar surface area (TPSA) is 92.3 Å². The number of carbonyl (C=O) groups is 1. The van der Waals surface area contributed by atoms with Gasteiger partial charge in [-0.05, 0) is 69.9 Å². The number of fused-ring (bicyclic) bond motifs is 1. The third-order valence-corrected chi connectivity index (χ3v) is 9.21. The molecule has 1 fully saturated rings. The number of aryl methyl sites for hydroxylation is 1. The van der Waals surface area contributed by atoms with Crippen molar-refractivity contribution in [1.82, 2.24) is 14.2 Å². The van der Waals surface area contributed by atoms with Crippen LogP contribution in [0.5, 0.6) is 5.75 Å². The Morgan fingerprint density at radius 1 is 1.11 bits per heavy atom. The molecule has 0 radical (unpaired) electrons. The van der Waals surface area contributed by atoms with Crippen LogP contribution in [0.3, 0.4) is 0 Å². The highest BCUT2D eigenvalue weighted by atomic mass is 35.5. The molecule has 0 saturated carbocycles. The fourth-order valence-corrected chi connectivity index (χ4v) is 6.55. The summed E-state index contributed by atoms with van der Waals surface area (Å²) in [6.07, 6.45) is 0.758. The summed E-state index contributed by atoms with van der Waals surface area (Å²) in [5.41, 5.74) is 2.20. The number of benzene rings is 2. The molecule has 1 aromatic heterocycles. The van der Waals surface area contributed by atoms with E-state index in [2.05, 4.69) is 4.90 Å². The van der Waals surface area contributed by atoms with Gasteiger partial charge < -0.3 is 14.4 Å². The number of methoxy groups -OCH3 is 1. The van der Waals surface area contributed by atoms with Crippen LogP contribution in [-0.2, 0) is 14.8 Å². The van der Waals surface area contributed by atoms with E-state index in [-0.39, 0.29) is 23.2 Å². The standard InChI is InChI=1S/C25H32N4O5S2.ClH/c1-18-6-11-21(33-4)22-23(18)35-25(26-22)29(13-5-12-27(2)3)24(30)19-7-9-20(10-8-19)36(31,32)28-14-16-34-17-15-28;/h6-11H,5,12-17H2,1-4H3;1H. The van der Waals surface area contributed by atoms with Crippen LogP contribution in [-0.4, -0.2) is 89.1 Å². The largest absolute Gasteiger partial charge is 0.494 e. The first-order valence-electron chi connectivity index (χ1n) is 11.8. The highest BCUT2D eigenvalue weighted by Gasteiger charge is 2.27. The monoisotopic (exact) mass is 568 g/mol. The fourth-order valence-electron chi connectivity index (χ4n) is 4.07. The van der Waals surface area contributed by atoms with E-state index in [1.165, 1.54) is 27.8 Å². The highest BCUT2D eigenvalue weighted by molar-refractivity contribution is 7.89. The molecule has 0 aliphatic carbocycles. The minimum absolute atomic E-state index is 0. The van der Waals surface area contributed by atoms with Crippen LogP contribution < -0.4 is 9.64 Å². The van der Waals surface area contributed by atoms with E-state index in [4.69, 9.17) is 14.5 Å². The van der Waals surface area contributed by atoms with Crippen LogP contribution in [0.1, 0.15) is 22.3 Å². The molecule has 1 amide bonds. The number of anilines is 1. The molecule has 2 aromatic carbocycles. The lowest BCUT2D eigenvalue weighted by Crippen LogP contribution is -2.40. The Bertz CT molecular complexity index is 1320. The number of thiazole rings is 1. The number of hydrogen-bond acceptors (Lipinski definition) is 8. The number of carbonyl (C=O) groups excluding carboxylic acids is 1. The minimum atomic E-state index is -3.63. The summed E-state index contributed by atoms with van der Waals surface area (Å²) in [5, 5.41) is 0.589. The number of rotatable bonds is 9. The summed E-state index contributed by atoms with van der Waals surface area (Å²) in [7, 11) is 1.96. The molecule has 4 rings (SSSR count). The SMILES string of the molecule is COc1ccc(C)c2sc(N(CCCN(C)C)C(=O)c3ccc(S(=O)(=O)N4CCOCC4)cc3)nc12.Cl. The van der Waals surface area contributed by atoms with Gasteiger partial charge in [-0.2, -0.15) is 4.31 Å². The first kappa shape index (κ1) is 29.3. The zero-order chi connectivity index (χ0) is 25.9. The molecule has 0 N–H and O–H groups in total. The quantitative estimate of drug-likeness (QED) is 0.389. The van der Waals surface area contributed by atoms with E-state index in [0.717, 1.165) is 28.7 Å². The molecule has 0 atom stereocenters. The lowest BCUT2D eigenvalue weighted by molar-refractivity contribution is 0.0730. The highest BCUT2D eigenvalue weighted by Crippen LogP contribution is 2.37. The Morgan fingerprint density at radius 2 is 1.78 bits per heavy atom. The van der Waals surface area contributed by atoms with E-state index in [0.29, 0.717) is 49.3 Å². The molecule has 12 heteroatoms. The van der Waals surface area contributed by atoms with Gasteiger partial charge in [0.15, 0.2) is 5.13 Å². The fraction of sp³-hybridized carbons (Fsp3) is 0.440. The van der Waals surface area contributed by atoms with Gasteiger partial charge in [0.2, 0.25) is 10.0 Å². The number of aromatic nitrogens is 1. The molecule has 1 aliphatic heterocycles. The van der Waals surface area contributed by atoms with Gasteiger partial charge in [-0.15, -0.1) is 12.4 Å². The molecule has 0 unspecified atom stereocenters. The van der Waals surface area contributed by atoms with Crippen LogP contribution in [0, 0.1) is 6.92 Å². The second kappa shape index (κ2) is 12.5. The van der Waals surface area contributed by atoms with Crippen molar-refractivity contribution in [2.24, 2.45) is 0 Å². The number of sulfonamides is 1. The van der Waals surface area contributed by atoms with Crippen molar-refractivity contribution in [2.45, 2.75) is 18.2 Å². The summed E-state index contributed by atoms with van der Waals surface area (Å²) in [5.74, 6) is 0.441. The maximum absolute atomic E-state index is 13.7. The molecule has 2 heterocycles. The molecular formula is C25H33ClN4O5S2. The smallest absolute Gasteiger partial charge is 0.260 e. The van der Waals surface area contributed by atoms with Crippen molar-refractivity contribution < 1.29 is 22.7 Å². The first-order valence-corrected chi connectivity index (χ1v) is 14.1. The van der Waals surface area contributed by atoms with Gasteiger partial charge in [-0.25, -0.2) is 13.4 Å². The maximum atomic E-state index is 13.7. The van der Waals surface area contributed by atoms with Crippen molar-refractivity contribution in [3.63, 3.8) is 0 Å². The third-order valence-electron chi connectivity index (χ3n) is 6.08. The van der Waals surface area contributed by atoms with Crippen LogP contribution in [0.2, 0.25) is 0 Å². The summed E-state index contributed by atoms with van der Waals surface area (Å²) >= 11 is 1.46. The number of morpholine rings is 1. The number of hydrogen-bond donors (Lipinski definition) is 0. The van der Waals surface area contributed by atoms with E-state index in [9.17, 15) is 13.2 Å². The molecule has 1 aliphatic rings. The Hall–Kier alpha value is -2.28. The second-order valence-electron chi connectivity index (χ2n) is 8.91.